The van der Waals surface area contributed by atoms with E-state index in [-0.39, 0.29) is 7.92 Å². The Morgan fingerprint density at radius 2 is 0.942 bits per heavy atom. The van der Waals surface area contributed by atoms with Crippen molar-refractivity contribution in [3.63, 3.8) is 0 Å². The van der Waals surface area contributed by atoms with E-state index in [1.165, 1.54) is 119 Å². The van der Waals surface area contributed by atoms with Crippen LogP contribution in [0.1, 0.15) is 167 Å². The van der Waals surface area contributed by atoms with Gasteiger partial charge < -0.3 is 9.47 Å². The van der Waals surface area contributed by atoms with Gasteiger partial charge in [-0.25, -0.2) is 0 Å². The number of aryl methyl sites for hydroxylation is 4. The van der Waals surface area contributed by atoms with Gasteiger partial charge in [-0.2, -0.15) is 0 Å². The molecule has 5 rings (SSSR count). The fourth-order valence-electron chi connectivity index (χ4n) is 12.7. The standard InChI is InChI=1S/C48H78O2P2/c1-33-29-41(30-34(2)44(33)49-12)51(42-31-35(3)45(50-13)36(4)32-42)43-27-20-28-48(43,37(5)52(46(6,7)8)47(9,10)11)40-25-18-16-23-39(24-17-19-26-40)38-21-14-15-22-38/h29-32,37-40,43H,14-28H2,1-13H3. The summed E-state index contributed by atoms with van der Waals surface area (Å²) in [6.07, 6.45) is 21.7. The Morgan fingerprint density at radius 3 is 1.29 bits per heavy atom. The zero-order valence-electron chi connectivity index (χ0n) is 36.0. The van der Waals surface area contributed by atoms with Crippen molar-refractivity contribution in [3.05, 3.63) is 46.5 Å². The van der Waals surface area contributed by atoms with Crippen molar-refractivity contribution in [2.24, 2.45) is 23.2 Å². The molecule has 3 saturated carbocycles. The Morgan fingerprint density at radius 1 is 0.577 bits per heavy atom. The maximum absolute atomic E-state index is 5.97. The van der Waals surface area contributed by atoms with E-state index in [4.69, 9.17) is 9.47 Å². The molecule has 0 aliphatic heterocycles. The summed E-state index contributed by atoms with van der Waals surface area (Å²) in [7, 11) is 2.76. The van der Waals surface area contributed by atoms with Crippen molar-refractivity contribution in [2.75, 3.05) is 14.2 Å². The lowest BCUT2D eigenvalue weighted by Gasteiger charge is -2.57. The number of methoxy groups -OCH3 is 2. The molecule has 2 nitrogen and oxygen atoms in total. The normalized spacial score (nSPS) is 26.2. The van der Waals surface area contributed by atoms with Gasteiger partial charge in [0.1, 0.15) is 11.5 Å². The van der Waals surface area contributed by atoms with E-state index in [1.54, 1.807) is 10.6 Å². The summed E-state index contributed by atoms with van der Waals surface area (Å²) in [5.74, 6) is 4.92. The number of ether oxygens (including phenoxy) is 2. The van der Waals surface area contributed by atoms with Crippen molar-refractivity contribution in [1.82, 2.24) is 0 Å². The van der Waals surface area contributed by atoms with Crippen LogP contribution in [0, 0.1) is 50.9 Å². The summed E-state index contributed by atoms with van der Waals surface area (Å²) in [4.78, 5) is 0. The highest BCUT2D eigenvalue weighted by Gasteiger charge is 2.58. The van der Waals surface area contributed by atoms with Gasteiger partial charge in [-0.3, -0.25) is 0 Å². The first-order valence-corrected chi connectivity index (χ1v) is 24.3. The quantitative estimate of drug-likeness (QED) is 0.238. The smallest absolute Gasteiger partial charge is 0.124 e. The van der Waals surface area contributed by atoms with E-state index >= 15 is 0 Å². The lowest BCUT2D eigenvalue weighted by molar-refractivity contribution is 0.133. The maximum atomic E-state index is 5.97. The zero-order valence-corrected chi connectivity index (χ0v) is 37.8. The van der Waals surface area contributed by atoms with Crippen LogP contribution in [0.15, 0.2) is 24.3 Å². The largest absolute Gasteiger partial charge is 0.496 e. The molecule has 0 aromatic heterocycles. The van der Waals surface area contributed by atoms with E-state index in [2.05, 4.69) is 100 Å². The van der Waals surface area contributed by atoms with Crippen LogP contribution in [0.25, 0.3) is 0 Å². The van der Waals surface area contributed by atoms with Crippen molar-refractivity contribution < 1.29 is 9.47 Å². The molecular weight excluding hydrogens is 670 g/mol. The molecular formula is C48H78O2P2. The van der Waals surface area contributed by atoms with Gasteiger partial charge in [0.05, 0.1) is 14.2 Å². The molecule has 2 aromatic rings. The summed E-state index contributed by atoms with van der Waals surface area (Å²) >= 11 is 0. The number of benzene rings is 2. The van der Waals surface area contributed by atoms with E-state index in [0.29, 0.717) is 27.0 Å². The molecule has 3 atom stereocenters. The molecule has 3 fully saturated rings. The molecule has 52 heavy (non-hydrogen) atoms. The highest BCUT2D eigenvalue weighted by atomic mass is 31.1. The first kappa shape index (κ1) is 42.1. The Bertz CT molecular complexity index is 1340. The maximum Gasteiger partial charge on any atom is 0.124 e. The fraction of sp³-hybridized carbons (Fsp3) is 0.750. The third-order valence-electron chi connectivity index (χ3n) is 14.1. The van der Waals surface area contributed by atoms with Crippen LogP contribution in [-0.2, 0) is 0 Å². The predicted octanol–water partition coefficient (Wildman–Crippen LogP) is 13.9. The average Bonchev–Trinajstić information content (AvgIpc) is 3.74. The third kappa shape index (κ3) is 8.80. The minimum atomic E-state index is -0.635. The van der Waals surface area contributed by atoms with E-state index in [0.717, 1.165) is 29.3 Å². The van der Waals surface area contributed by atoms with Crippen LogP contribution < -0.4 is 20.1 Å². The van der Waals surface area contributed by atoms with Gasteiger partial charge in [0.2, 0.25) is 0 Å². The van der Waals surface area contributed by atoms with Gasteiger partial charge in [-0.05, 0) is 163 Å². The first-order valence-electron chi connectivity index (χ1n) is 21.4. The summed E-state index contributed by atoms with van der Waals surface area (Å²) < 4.78 is 11.9. The summed E-state index contributed by atoms with van der Waals surface area (Å²) in [6.45, 7) is 27.4. The Balaban J connectivity index is 1.68. The van der Waals surface area contributed by atoms with Gasteiger partial charge in [0.25, 0.3) is 0 Å². The Kier molecular flexibility index (Phi) is 14.0. The summed E-state index contributed by atoms with van der Waals surface area (Å²) in [5.41, 5.74) is 6.81. The molecule has 3 unspecified atom stereocenters. The fourth-order valence-corrected chi connectivity index (χ4v) is 22.0. The summed E-state index contributed by atoms with van der Waals surface area (Å²) in [5, 5.41) is 3.71. The number of rotatable bonds is 9. The lowest BCUT2D eigenvalue weighted by atomic mass is 9.66. The molecule has 292 valence electrons. The highest BCUT2D eigenvalue weighted by Crippen LogP contribution is 2.73. The van der Waals surface area contributed by atoms with Crippen molar-refractivity contribution >= 4 is 26.5 Å². The van der Waals surface area contributed by atoms with Crippen LogP contribution in [0.4, 0.5) is 0 Å². The molecule has 3 aliphatic rings. The van der Waals surface area contributed by atoms with Crippen LogP contribution in [0.5, 0.6) is 11.5 Å². The SMILES string of the molecule is COc1c(C)cc(P(c2cc(C)c(OC)c(C)c2)C2CCCC2(C2CCCCC(C3CCCC3)CCCC2)C(C)P(C(C)(C)C)C(C)(C)C)cc1C. The van der Waals surface area contributed by atoms with Crippen molar-refractivity contribution in [1.29, 1.82) is 0 Å². The number of hydrogen-bond acceptors (Lipinski definition) is 2. The zero-order chi connectivity index (χ0) is 38.0. The molecule has 3 aliphatic carbocycles. The van der Waals surface area contributed by atoms with Crippen molar-refractivity contribution in [3.8, 4) is 11.5 Å². The Labute approximate surface area is 324 Å². The molecule has 0 amide bonds. The molecule has 0 saturated heterocycles. The molecule has 0 N–H and O–H groups in total. The first-order chi connectivity index (χ1) is 24.5. The molecule has 0 spiro atoms. The second-order valence-corrected chi connectivity index (χ2v) is 26.2. The van der Waals surface area contributed by atoms with Crippen LogP contribution in [0.2, 0.25) is 0 Å². The molecule has 0 radical (unpaired) electrons. The van der Waals surface area contributed by atoms with Crippen LogP contribution in [0.3, 0.4) is 0 Å². The highest BCUT2D eigenvalue weighted by molar-refractivity contribution is 7.73. The van der Waals surface area contributed by atoms with Crippen LogP contribution in [-0.4, -0.2) is 35.8 Å². The molecule has 2 aromatic carbocycles. The van der Waals surface area contributed by atoms with Gasteiger partial charge >= 0.3 is 0 Å². The van der Waals surface area contributed by atoms with Gasteiger partial charge in [0.15, 0.2) is 0 Å². The molecule has 4 heteroatoms. The average molecular weight is 749 g/mol. The van der Waals surface area contributed by atoms with E-state index < -0.39 is 7.92 Å². The van der Waals surface area contributed by atoms with Gasteiger partial charge in [0, 0.05) is 0 Å². The third-order valence-corrected chi connectivity index (χ3v) is 21.2. The van der Waals surface area contributed by atoms with E-state index in [1.807, 2.05) is 14.2 Å². The minimum absolute atomic E-state index is 0.288. The molecule has 0 heterocycles. The van der Waals surface area contributed by atoms with Crippen molar-refractivity contribution in [2.45, 2.75) is 194 Å². The minimum Gasteiger partial charge on any atom is -0.496 e. The van der Waals surface area contributed by atoms with Crippen LogP contribution >= 0.6 is 15.8 Å². The second kappa shape index (κ2) is 17.4. The van der Waals surface area contributed by atoms with Gasteiger partial charge in [-0.15, -0.1) is 0 Å². The molecule has 0 bridgehead atoms. The predicted molar refractivity (Wildman–Crippen MR) is 233 cm³/mol. The van der Waals surface area contributed by atoms with Gasteiger partial charge in [-0.1, -0.05) is 127 Å². The summed E-state index contributed by atoms with van der Waals surface area (Å²) in [6, 6.07) is 10.1. The Hall–Kier alpha value is -1.10. The van der Waals surface area contributed by atoms with E-state index in [9.17, 15) is 0 Å². The monoisotopic (exact) mass is 749 g/mol. The second-order valence-electron chi connectivity index (χ2n) is 19.6. The lowest BCUT2D eigenvalue weighted by Crippen LogP contribution is -2.50. The topological polar surface area (TPSA) is 18.5 Å². The number of hydrogen-bond donors (Lipinski definition) is 0.